The van der Waals surface area contributed by atoms with Crippen LogP contribution in [-0.2, 0) is 65.7 Å². The minimum atomic E-state index is -4.41. The summed E-state index contributed by atoms with van der Waals surface area (Å²) in [6.07, 6.45) is -6.64. The van der Waals surface area contributed by atoms with Crippen molar-refractivity contribution in [1.29, 1.82) is 0 Å². The van der Waals surface area contributed by atoms with Crippen LogP contribution in [0, 0.1) is 6.07 Å². The van der Waals surface area contributed by atoms with Gasteiger partial charge in [0.25, 0.3) is 0 Å². The van der Waals surface area contributed by atoms with E-state index >= 15 is 0 Å². The van der Waals surface area contributed by atoms with Gasteiger partial charge in [-0.2, -0.15) is 52.6 Å². The van der Waals surface area contributed by atoms with Crippen LogP contribution in [0.1, 0.15) is 125 Å². The van der Waals surface area contributed by atoms with Crippen LogP contribution < -0.4 is 24.8 Å². The molecule has 6 rings (SSSR count). The molecule has 0 atom stereocenters. The number of aryl methyl sites for hydroxylation is 1. The van der Waals surface area contributed by atoms with Gasteiger partial charge in [0.05, 0.1) is 0 Å². The van der Waals surface area contributed by atoms with E-state index in [-0.39, 0.29) is 35.6 Å². The summed E-state index contributed by atoms with van der Waals surface area (Å²) in [6, 6.07) is 31.0. The average Bonchev–Trinajstić information content (AvgIpc) is 3.72. The Hall–Kier alpha value is -2.86. The van der Waals surface area contributed by atoms with Crippen LogP contribution >= 0.6 is 0 Å². The third kappa shape index (κ3) is 12.8. The molecule has 1 aliphatic carbocycles. The molecule has 300 valence electrons. The molecule has 0 heterocycles. The summed E-state index contributed by atoms with van der Waals surface area (Å²) in [7, 11) is 0. The molecule has 0 saturated carbocycles. The van der Waals surface area contributed by atoms with E-state index in [1.54, 1.807) is 0 Å². The van der Waals surface area contributed by atoms with Gasteiger partial charge in [0.15, 0.2) is 0 Å². The van der Waals surface area contributed by atoms with Crippen molar-refractivity contribution in [3.63, 3.8) is 0 Å². The summed E-state index contributed by atoms with van der Waals surface area (Å²) >= 11 is 0.898. The number of halogens is 8. The smallest absolute Gasteiger partial charge is 1.00 e. The summed E-state index contributed by atoms with van der Waals surface area (Å²) in [6.45, 7) is 22.6. The maximum Gasteiger partial charge on any atom is -1.00 e. The van der Waals surface area contributed by atoms with Crippen molar-refractivity contribution in [1.82, 2.24) is 0 Å². The largest absolute Gasteiger partial charge is 1.00 e. The summed E-state index contributed by atoms with van der Waals surface area (Å²) in [4.78, 5) is 0. The monoisotopic (exact) mass is 888 g/mol. The number of hydrogen-bond acceptors (Lipinski definition) is 0. The van der Waals surface area contributed by atoms with Crippen LogP contribution in [0.25, 0.3) is 11.1 Å². The molecule has 5 aromatic carbocycles. The Balaban J connectivity index is 0.000000300. The molecule has 0 unspecified atom stereocenters. The molecule has 5 aromatic rings. The van der Waals surface area contributed by atoms with Crippen molar-refractivity contribution in [2.24, 2.45) is 0 Å². The molecule has 0 amide bonds. The van der Waals surface area contributed by atoms with E-state index in [0.29, 0.717) is 19.7 Å². The fraction of sp³-hybridized carbons (Fsp3) is 0.362. The van der Waals surface area contributed by atoms with Crippen LogP contribution in [-0.4, -0.2) is 3.21 Å². The number of hydrogen-bond donors (Lipinski definition) is 0. The van der Waals surface area contributed by atoms with Gasteiger partial charge < -0.3 is 24.8 Å². The maximum absolute atomic E-state index is 12.5. The van der Waals surface area contributed by atoms with E-state index in [1.165, 1.54) is 68.8 Å². The molecule has 0 nitrogen and oxygen atoms in total. The van der Waals surface area contributed by atoms with Gasteiger partial charge in [-0.25, -0.2) is 6.07 Å². The Morgan fingerprint density at radius 1 is 0.589 bits per heavy atom. The van der Waals surface area contributed by atoms with Gasteiger partial charge in [0, 0.05) is 0 Å². The second-order valence-corrected chi connectivity index (χ2v) is 18.2. The van der Waals surface area contributed by atoms with Gasteiger partial charge in [0.2, 0.25) is 0 Å². The topological polar surface area (TPSA) is 0 Å². The van der Waals surface area contributed by atoms with Gasteiger partial charge >= 0.3 is 137 Å². The van der Waals surface area contributed by atoms with E-state index in [4.69, 9.17) is 0 Å². The third-order valence-corrected chi connectivity index (χ3v) is 11.0. The second kappa shape index (κ2) is 18.8. The molecule has 0 saturated heterocycles. The van der Waals surface area contributed by atoms with E-state index in [9.17, 15) is 26.3 Å². The molecule has 0 spiro atoms. The molecule has 0 N–H and O–H groups in total. The first-order chi connectivity index (χ1) is 24.8. The van der Waals surface area contributed by atoms with E-state index in [0.717, 1.165) is 61.3 Å². The van der Waals surface area contributed by atoms with Crippen LogP contribution in [0.2, 0.25) is 0 Å². The van der Waals surface area contributed by atoms with Crippen molar-refractivity contribution in [3.05, 3.63) is 159 Å². The van der Waals surface area contributed by atoms with Crippen LogP contribution in [0.5, 0.6) is 0 Å². The average molecular weight is 891 g/mol. The minimum Gasteiger partial charge on any atom is -1.00 e. The van der Waals surface area contributed by atoms with Crippen molar-refractivity contribution < 1.29 is 75.4 Å². The summed E-state index contributed by atoms with van der Waals surface area (Å²) in [5.74, 6) is 0. The zero-order chi connectivity index (χ0) is 40.4. The predicted octanol–water partition coefficient (Wildman–Crippen LogP) is 7.77. The first kappa shape index (κ1) is 49.3. The first-order valence-electron chi connectivity index (χ1n) is 18.2. The zero-order valence-corrected chi connectivity index (χ0v) is 37.6. The Labute approximate surface area is 357 Å². The van der Waals surface area contributed by atoms with Gasteiger partial charge in [-0.3, -0.25) is 0 Å². The normalized spacial score (nSPS) is 12.5. The van der Waals surface area contributed by atoms with Crippen LogP contribution in [0.4, 0.5) is 26.3 Å². The predicted molar refractivity (Wildman–Crippen MR) is 207 cm³/mol. The molecule has 1 aliphatic rings. The Morgan fingerprint density at radius 2 is 1.02 bits per heavy atom. The van der Waals surface area contributed by atoms with Crippen molar-refractivity contribution in [2.45, 2.75) is 111 Å². The molecule has 0 aliphatic heterocycles. The van der Waals surface area contributed by atoms with E-state index in [2.05, 4.69) is 124 Å². The summed E-state index contributed by atoms with van der Waals surface area (Å²) in [5, 5.41) is 0. The molecule has 0 aromatic heterocycles. The molecule has 0 fully saturated rings. The van der Waals surface area contributed by atoms with Crippen molar-refractivity contribution >= 4 is 3.21 Å². The molecular formula is C47H50Cl2F6Zr-2. The fourth-order valence-electron chi connectivity index (χ4n) is 5.98. The number of alkyl halides is 6. The standard InChI is InChI=1S/C21H25.C15H8F6.C11H17.2ClH.Zr/c1-20(2,3)16-9-7-14-11-15-8-10-17(21(4,5)6)13-19(15)18(14)12-16;16-14(17,18)12-5-1-10(2-6-12)9-11-3-7-13(8-4-11)15(19,20)21;1-5-9-6-7-10(8-9)11(2,3)4;;;/h7,9-10,12-13H,11H2,1-6H3;1-8H;6-8H,5H2,1-4H3;2*1H;/q-1;;-1;;;+2/p-2. The van der Waals surface area contributed by atoms with Gasteiger partial charge in [-0.15, -0.1) is 5.56 Å². The molecule has 56 heavy (non-hydrogen) atoms. The SMILES string of the molecule is CC(C)(C)c1c[c-]c2c(c1)-c1cc(C(C)(C)C)ccc1C2.CCc1cc(C(C)(C)C)c[cH-]1.FC(F)(F)c1ccc([C](=[Zr+2])c2ccc(C(F)(F)F)cc2)cc1.[Cl-].[Cl-]. The zero-order valence-electron chi connectivity index (χ0n) is 33.7. The number of fused-ring (bicyclic) bond motifs is 3. The van der Waals surface area contributed by atoms with Crippen LogP contribution in [0.15, 0.2) is 97.1 Å². The number of benzene rings is 4. The van der Waals surface area contributed by atoms with Crippen molar-refractivity contribution in [3.8, 4) is 11.1 Å². The second-order valence-electron chi connectivity index (χ2n) is 17.0. The number of rotatable bonds is 3. The van der Waals surface area contributed by atoms with Gasteiger partial charge in [-0.1, -0.05) is 116 Å². The third-order valence-electron chi connectivity index (χ3n) is 9.62. The Kier molecular flexibility index (Phi) is 16.6. The van der Waals surface area contributed by atoms with Gasteiger partial charge in [-0.05, 0) is 17.4 Å². The van der Waals surface area contributed by atoms with Gasteiger partial charge in [0.1, 0.15) is 0 Å². The van der Waals surface area contributed by atoms with E-state index < -0.39 is 23.5 Å². The fourth-order valence-corrected chi connectivity index (χ4v) is 6.80. The molecular weight excluding hydrogens is 841 g/mol. The molecule has 0 radical (unpaired) electrons. The first-order valence-corrected chi connectivity index (χ1v) is 19.4. The molecule has 9 heteroatoms. The summed E-state index contributed by atoms with van der Waals surface area (Å²) < 4.78 is 75.6. The quantitative estimate of drug-likeness (QED) is 0.126. The Morgan fingerprint density at radius 3 is 1.39 bits per heavy atom. The molecule has 0 bridgehead atoms. The van der Waals surface area contributed by atoms with Crippen LogP contribution in [0.3, 0.4) is 0 Å². The minimum absolute atomic E-state index is 0. The van der Waals surface area contributed by atoms with E-state index in [1.807, 2.05) is 0 Å². The summed E-state index contributed by atoms with van der Waals surface area (Å²) in [5.41, 5.74) is 11.6. The Bertz CT molecular complexity index is 1930. The van der Waals surface area contributed by atoms with Crippen molar-refractivity contribution in [2.75, 3.05) is 0 Å². The maximum atomic E-state index is 12.5.